The number of carbonyl (C=O) groups excluding carboxylic acids is 3. The fourth-order valence-electron chi connectivity index (χ4n) is 3.88. The van der Waals surface area contributed by atoms with Gasteiger partial charge < -0.3 is 15.5 Å². The molecule has 0 aromatic heterocycles. The summed E-state index contributed by atoms with van der Waals surface area (Å²) in [4.78, 5) is 39.0. The van der Waals surface area contributed by atoms with Gasteiger partial charge in [0.05, 0.1) is 18.0 Å². The summed E-state index contributed by atoms with van der Waals surface area (Å²) in [7, 11) is 0. The highest BCUT2D eigenvalue weighted by molar-refractivity contribution is 5.96. The van der Waals surface area contributed by atoms with E-state index in [1.807, 2.05) is 42.2 Å². The van der Waals surface area contributed by atoms with Crippen LogP contribution in [0.3, 0.4) is 0 Å². The van der Waals surface area contributed by atoms with Gasteiger partial charge >= 0.3 is 0 Å². The molecule has 1 unspecified atom stereocenters. The molecule has 3 rings (SSSR count). The monoisotopic (exact) mass is 425 g/mol. The van der Waals surface area contributed by atoms with Gasteiger partial charge in [-0.1, -0.05) is 49.4 Å². The Balaban J connectivity index is 1.44. The van der Waals surface area contributed by atoms with Gasteiger partial charge in [-0.05, 0) is 37.0 Å². The summed E-state index contributed by atoms with van der Waals surface area (Å²) in [5, 5.41) is 5.33. The van der Waals surface area contributed by atoms with Crippen LogP contribution in [0.4, 0.5) is 4.39 Å². The summed E-state index contributed by atoms with van der Waals surface area (Å²) in [5.41, 5.74) is 0.932. The minimum absolute atomic E-state index is 0.0567. The molecule has 1 aliphatic heterocycles. The molecular formula is C24H28FN3O3. The van der Waals surface area contributed by atoms with Crippen molar-refractivity contribution < 1.29 is 18.8 Å². The molecule has 1 aliphatic rings. The largest absolute Gasteiger partial charge is 0.352 e. The first-order chi connectivity index (χ1) is 15.0. The van der Waals surface area contributed by atoms with E-state index in [4.69, 9.17) is 0 Å². The first-order valence-electron chi connectivity index (χ1n) is 10.7. The number of hydrogen-bond donors (Lipinski definition) is 2. The molecule has 0 spiro atoms. The first kappa shape index (κ1) is 22.5. The molecule has 0 aliphatic carbocycles. The molecule has 0 bridgehead atoms. The van der Waals surface area contributed by atoms with E-state index in [0.717, 1.165) is 12.0 Å². The van der Waals surface area contributed by atoms with Crippen LogP contribution in [0.25, 0.3) is 0 Å². The van der Waals surface area contributed by atoms with Crippen LogP contribution < -0.4 is 10.6 Å². The molecular weight excluding hydrogens is 397 g/mol. The lowest BCUT2D eigenvalue weighted by Gasteiger charge is -2.34. The maximum Gasteiger partial charge on any atom is 0.254 e. The third kappa shape index (κ3) is 5.90. The molecule has 2 aromatic rings. The standard InChI is InChI=1S/C24H28FN3O3/c1-2-19(17-8-4-3-5-9-17)24(31)28-14-12-18(13-15-28)27-22(29)16-26-23(30)20-10-6-7-11-21(20)25/h3-11,18-19H,2,12-16H2,1H3,(H,26,30)(H,27,29). The third-order valence-corrected chi connectivity index (χ3v) is 5.61. The Morgan fingerprint density at radius 3 is 2.32 bits per heavy atom. The predicted molar refractivity (Wildman–Crippen MR) is 116 cm³/mol. The Hall–Kier alpha value is -3.22. The normalized spacial score (nSPS) is 15.2. The van der Waals surface area contributed by atoms with Crippen LogP contribution in [0, 0.1) is 5.82 Å². The Morgan fingerprint density at radius 2 is 1.68 bits per heavy atom. The molecule has 0 saturated carbocycles. The maximum atomic E-state index is 13.6. The highest BCUT2D eigenvalue weighted by Crippen LogP contribution is 2.24. The second-order valence-electron chi connectivity index (χ2n) is 7.70. The van der Waals surface area contributed by atoms with Gasteiger partial charge in [-0.3, -0.25) is 14.4 Å². The number of amides is 3. The summed E-state index contributed by atoms with van der Waals surface area (Å²) in [6.45, 7) is 2.94. The lowest BCUT2D eigenvalue weighted by molar-refractivity contribution is -0.134. The zero-order valence-electron chi connectivity index (χ0n) is 17.6. The van der Waals surface area contributed by atoms with Crippen molar-refractivity contribution in [3.63, 3.8) is 0 Å². The number of benzene rings is 2. The van der Waals surface area contributed by atoms with E-state index in [2.05, 4.69) is 10.6 Å². The molecule has 1 saturated heterocycles. The summed E-state index contributed by atoms with van der Waals surface area (Å²) in [6, 6.07) is 15.4. The van der Waals surface area contributed by atoms with Crippen LogP contribution in [0.1, 0.15) is 48.0 Å². The van der Waals surface area contributed by atoms with E-state index in [0.29, 0.717) is 25.9 Å². The van der Waals surface area contributed by atoms with Crippen LogP contribution in [-0.4, -0.2) is 48.3 Å². The molecule has 2 aromatic carbocycles. The number of likely N-dealkylation sites (tertiary alicyclic amines) is 1. The molecule has 6 nitrogen and oxygen atoms in total. The number of nitrogens with one attached hydrogen (secondary N) is 2. The Labute approximate surface area is 181 Å². The van der Waals surface area contributed by atoms with Crippen LogP contribution >= 0.6 is 0 Å². The maximum absolute atomic E-state index is 13.6. The summed E-state index contributed by atoms with van der Waals surface area (Å²) >= 11 is 0. The van der Waals surface area contributed by atoms with Gasteiger partial charge in [-0.2, -0.15) is 0 Å². The van der Waals surface area contributed by atoms with Crippen molar-refractivity contribution in [2.24, 2.45) is 0 Å². The number of carbonyl (C=O) groups is 3. The van der Waals surface area contributed by atoms with Crippen LogP contribution in [0.2, 0.25) is 0 Å². The zero-order valence-corrected chi connectivity index (χ0v) is 17.6. The molecule has 164 valence electrons. The van der Waals surface area contributed by atoms with E-state index in [1.54, 1.807) is 6.07 Å². The van der Waals surface area contributed by atoms with Crippen LogP contribution in [-0.2, 0) is 9.59 Å². The van der Waals surface area contributed by atoms with Gasteiger partial charge in [0, 0.05) is 19.1 Å². The minimum atomic E-state index is -0.627. The van der Waals surface area contributed by atoms with Crippen molar-refractivity contribution >= 4 is 17.7 Å². The van der Waals surface area contributed by atoms with Crippen LogP contribution in [0.15, 0.2) is 54.6 Å². The van der Waals surface area contributed by atoms with Gasteiger partial charge in [0.15, 0.2) is 0 Å². The fourth-order valence-corrected chi connectivity index (χ4v) is 3.88. The van der Waals surface area contributed by atoms with Gasteiger partial charge in [-0.25, -0.2) is 4.39 Å². The molecule has 1 atom stereocenters. The molecule has 0 radical (unpaired) electrons. The zero-order chi connectivity index (χ0) is 22.2. The quantitative estimate of drug-likeness (QED) is 0.716. The van der Waals surface area contributed by atoms with E-state index < -0.39 is 11.7 Å². The molecule has 3 amide bonds. The van der Waals surface area contributed by atoms with Crippen molar-refractivity contribution in [1.82, 2.24) is 15.5 Å². The number of piperidine rings is 1. The van der Waals surface area contributed by atoms with Gasteiger partial charge in [0.1, 0.15) is 5.82 Å². The van der Waals surface area contributed by atoms with Crippen molar-refractivity contribution in [2.45, 2.75) is 38.1 Å². The lowest BCUT2D eigenvalue weighted by atomic mass is 9.93. The summed E-state index contributed by atoms with van der Waals surface area (Å²) in [6.07, 6.45) is 2.05. The Bertz CT molecular complexity index is 911. The van der Waals surface area contributed by atoms with E-state index in [1.165, 1.54) is 18.2 Å². The number of rotatable bonds is 7. The molecule has 31 heavy (non-hydrogen) atoms. The van der Waals surface area contributed by atoms with E-state index in [-0.39, 0.29) is 35.9 Å². The Morgan fingerprint density at radius 1 is 1.03 bits per heavy atom. The summed E-state index contributed by atoms with van der Waals surface area (Å²) in [5.74, 6) is -1.61. The van der Waals surface area contributed by atoms with Gasteiger partial charge in [-0.15, -0.1) is 0 Å². The SMILES string of the molecule is CCC(C(=O)N1CCC(NC(=O)CNC(=O)c2ccccc2F)CC1)c1ccccc1. The highest BCUT2D eigenvalue weighted by Gasteiger charge is 2.28. The second kappa shape index (κ2) is 10.7. The molecule has 7 heteroatoms. The van der Waals surface area contributed by atoms with Gasteiger partial charge in [0.25, 0.3) is 5.91 Å². The van der Waals surface area contributed by atoms with Crippen LogP contribution in [0.5, 0.6) is 0 Å². The van der Waals surface area contributed by atoms with E-state index in [9.17, 15) is 18.8 Å². The smallest absolute Gasteiger partial charge is 0.254 e. The average molecular weight is 426 g/mol. The predicted octanol–water partition coefficient (Wildman–Crippen LogP) is 2.86. The number of nitrogens with zero attached hydrogens (tertiary/aromatic N) is 1. The molecule has 1 fully saturated rings. The highest BCUT2D eigenvalue weighted by atomic mass is 19.1. The summed E-state index contributed by atoms with van der Waals surface area (Å²) < 4.78 is 13.6. The second-order valence-corrected chi connectivity index (χ2v) is 7.70. The molecule has 2 N–H and O–H groups in total. The van der Waals surface area contributed by atoms with Crippen molar-refractivity contribution in [1.29, 1.82) is 0 Å². The molecule has 1 heterocycles. The fraction of sp³-hybridized carbons (Fsp3) is 0.375. The number of halogens is 1. The lowest BCUT2D eigenvalue weighted by Crippen LogP contribution is -2.49. The van der Waals surface area contributed by atoms with Crippen molar-refractivity contribution in [3.05, 3.63) is 71.5 Å². The average Bonchev–Trinajstić information content (AvgIpc) is 2.79. The van der Waals surface area contributed by atoms with Crippen molar-refractivity contribution in [3.8, 4) is 0 Å². The van der Waals surface area contributed by atoms with Crippen molar-refractivity contribution in [2.75, 3.05) is 19.6 Å². The minimum Gasteiger partial charge on any atom is -0.352 e. The van der Waals surface area contributed by atoms with Gasteiger partial charge in [0.2, 0.25) is 11.8 Å². The topological polar surface area (TPSA) is 78.5 Å². The van der Waals surface area contributed by atoms with E-state index >= 15 is 0 Å². The Kier molecular flexibility index (Phi) is 7.76. The number of hydrogen-bond acceptors (Lipinski definition) is 3. The third-order valence-electron chi connectivity index (χ3n) is 5.61. The first-order valence-corrected chi connectivity index (χ1v) is 10.7.